The molecule has 0 aliphatic carbocycles. The highest BCUT2D eigenvalue weighted by molar-refractivity contribution is 6.58. The van der Waals surface area contributed by atoms with E-state index in [4.69, 9.17) is 19.5 Å². The summed E-state index contributed by atoms with van der Waals surface area (Å²) in [4.78, 5) is 0. The summed E-state index contributed by atoms with van der Waals surface area (Å²) in [5.41, 5.74) is 1.49. The molecule has 1 aromatic carbocycles. The van der Waals surface area contributed by atoms with Crippen molar-refractivity contribution in [1.82, 2.24) is 0 Å². The maximum atomic E-state index is 8.95. The smallest absolute Gasteiger partial charge is 0.423 e. The lowest BCUT2D eigenvalue weighted by molar-refractivity contribution is -0.168. The first-order chi connectivity index (χ1) is 8.25. The van der Waals surface area contributed by atoms with Crippen LogP contribution in [0.5, 0.6) is 0 Å². The van der Waals surface area contributed by atoms with Gasteiger partial charge in [0, 0.05) is 6.61 Å². The van der Waals surface area contributed by atoms with Crippen LogP contribution in [0, 0.1) is 0 Å². The Balaban J connectivity index is 1.82. The summed E-state index contributed by atoms with van der Waals surface area (Å²) in [6.07, 6.45) is 3.13. The second-order valence-electron chi connectivity index (χ2n) is 4.22. The van der Waals surface area contributed by atoms with Gasteiger partial charge in [-0.05, 0) is 30.3 Å². The minimum absolute atomic E-state index is 0.0909. The van der Waals surface area contributed by atoms with Crippen LogP contribution in [0.1, 0.15) is 24.8 Å². The highest BCUT2D eigenvalue weighted by atomic mass is 16.7. The van der Waals surface area contributed by atoms with Crippen LogP contribution in [0.15, 0.2) is 24.3 Å². The van der Waals surface area contributed by atoms with Crippen LogP contribution >= 0.6 is 0 Å². The fraction of sp³-hybridized carbons (Fsp3) is 0.500. The van der Waals surface area contributed by atoms with Crippen LogP contribution in [-0.4, -0.2) is 30.1 Å². The van der Waals surface area contributed by atoms with E-state index < -0.39 is 7.12 Å². The summed E-state index contributed by atoms with van der Waals surface area (Å²) in [6, 6.07) is 7.03. The van der Waals surface area contributed by atoms with Crippen molar-refractivity contribution in [2.75, 3.05) is 6.61 Å². The third-order valence-corrected chi connectivity index (χ3v) is 2.85. The molecule has 1 atom stereocenters. The molecule has 4 nitrogen and oxygen atoms in total. The molecular weight excluding hydrogens is 219 g/mol. The monoisotopic (exact) mass is 236 g/mol. The Morgan fingerprint density at radius 3 is 2.59 bits per heavy atom. The van der Waals surface area contributed by atoms with E-state index in [1.54, 1.807) is 12.1 Å². The highest BCUT2D eigenvalue weighted by Gasteiger charge is 2.14. The Kier molecular flexibility index (Phi) is 4.56. The summed E-state index contributed by atoms with van der Waals surface area (Å²) in [5, 5.41) is 17.9. The van der Waals surface area contributed by atoms with Crippen LogP contribution in [0.4, 0.5) is 0 Å². The van der Waals surface area contributed by atoms with Crippen LogP contribution in [-0.2, 0) is 16.1 Å². The second-order valence-corrected chi connectivity index (χ2v) is 4.22. The lowest BCUT2D eigenvalue weighted by Crippen LogP contribution is -2.29. The molecule has 1 aliphatic heterocycles. The highest BCUT2D eigenvalue weighted by Crippen LogP contribution is 2.15. The van der Waals surface area contributed by atoms with Crippen LogP contribution in [0.2, 0.25) is 0 Å². The molecule has 92 valence electrons. The average Bonchev–Trinajstić information content (AvgIpc) is 2.38. The number of rotatable bonds is 4. The molecule has 0 bridgehead atoms. The van der Waals surface area contributed by atoms with Crippen molar-refractivity contribution in [3.63, 3.8) is 0 Å². The Bertz CT molecular complexity index is 333. The summed E-state index contributed by atoms with van der Waals surface area (Å²) in [5.74, 6) is 0. The predicted molar refractivity (Wildman–Crippen MR) is 64.6 cm³/mol. The largest absolute Gasteiger partial charge is 0.488 e. The molecule has 2 N–H and O–H groups in total. The zero-order chi connectivity index (χ0) is 12.1. The van der Waals surface area contributed by atoms with Gasteiger partial charge in [0.25, 0.3) is 0 Å². The second kappa shape index (κ2) is 6.16. The zero-order valence-electron chi connectivity index (χ0n) is 9.71. The average molecular weight is 236 g/mol. The molecule has 0 amide bonds. The predicted octanol–water partition coefficient (Wildman–Crippen LogP) is 0.410. The Morgan fingerprint density at radius 1 is 1.24 bits per heavy atom. The fourth-order valence-corrected chi connectivity index (χ4v) is 1.82. The molecule has 1 heterocycles. The van der Waals surface area contributed by atoms with Crippen LogP contribution in [0.25, 0.3) is 0 Å². The Labute approximate surface area is 101 Å². The molecule has 17 heavy (non-hydrogen) atoms. The lowest BCUT2D eigenvalue weighted by atomic mass is 9.80. The molecule has 0 spiro atoms. The summed E-state index contributed by atoms with van der Waals surface area (Å²) in [6.45, 7) is 1.27. The maximum Gasteiger partial charge on any atom is 0.488 e. The van der Waals surface area contributed by atoms with Gasteiger partial charge in [-0.1, -0.05) is 24.3 Å². The van der Waals surface area contributed by atoms with Crippen molar-refractivity contribution >= 4 is 12.6 Å². The number of hydrogen-bond donors (Lipinski definition) is 2. The van der Waals surface area contributed by atoms with E-state index in [2.05, 4.69) is 0 Å². The molecule has 1 fully saturated rings. The van der Waals surface area contributed by atoms with E-state index in [1.165, 1.54) is 0 Å². The van der Waals surface area contributed by atoms with Gasteiger partial charge in [-0.3, -0.25) is 0 Å². The molecular formula is C12H17BO4. The van der Waals surface area contributed by atoms with Gasteiger partial charge in [0.2, 0.25) is 0 Å². The molecule has 0 aromatic heterocycles. The number of ether oxygens (including phenoxy) is 2. The van der Waals surface area contributed by atoms with Gasteiger partial charge in [-0.15, -0.1) is 0 Å². The molecule has 0 radical (unpaired) electrons. The van der Waals surface area contributed by atoms with Crippen LogP contribution < -0.4 is 5.46 Å². The first-order valence-corrected chi connectivity index (χ1v) is 5.94. The standard InChI is InChI=1S/C12H17BO4/c14-13(15)11-6-4-10(5-7-11)9-17-12-3-1-2-8-16-12/h4-7,12,14-15H,1-3,8-9H2. The molecule has 5 heteroatoms. The van der Waals surface area contributed by atoms with Gasteiger partial charge in [0.05, 0.1) is 6.61 Å². The SMILES string of the molecule is OB(O)c1ccc(COC2CCCCO2)cc1. The quantitative estimate of drug-likeness (QED) is 0.743. The van der Waals surface area contributed by atoms with Crippen molar-refractivity contribution in [2.45, 2.75) is 32.2 Å². The van der Waals surface area contributed by atoms with Gasteiger partial charge >= 0.3 is 7.12 Å². The van der Waals surface area contributed by atoms with Gasteiger partial charge < -0.3 is 19.5 Å². The first kappa shape index (κ1) is 12.6. The topological polar surface area (TPSA) is 58.9 Å². The van der Waals surface area contributed by atoms with Crippen molar-refractivity contribution in [2.24, 2.45) is 0 Å². The van der Waals surface area contributed by atoms with Crippen LogP contribution in [0.3, 0.4) is 0 Å². The Hall–Kier alpha value is -0.875. The van der Waals surface area contributed by atoms with Gasteiger partial charge in [-0.25, -0.2) is 0 Å². The molecule has 1 unspecified atom stereocenters. The van der Waals surface area contributed by atoms with Gasteiger partial charge in [-0.2, -0.15) is 0 Å². The van der Waals surface area contributed by atoms with E-state index >= 15 is 0 Å². The number of benzene rings is 1. The summed E-state index contributed by atoms with van der Waals surface area (Å²) < 4.78 is 11.1. The molecule has 1 aromatic rings. The van der Waals surface area contributed by atoms with Crippen molar-refractivity contribution < 1.29 is 19.5 Å². The van der Waals surface area contributed by atoms with Crippen molar-refractivity contribution in [3.8, 4) is 0 Å². The third kappa shape index (κ3) is 3.82. The minimum atomic E-state index is -1.41. The molecule has 2 rings (SSSR count). The van der Waals surface area contributed by atoms with E-state index in [-0.39, 0.29) is 6.29 Å². The normalized spacial score (nSPS) is 20.2. The maximum absolute atomic E-state index is 8.95. The zero-order valence-corrected chi connectivity index (χ0v) is 9.71. The van der Waals surface area contributed by atoms with Crippen molar-refractivity contribution in [3.05, 3.63) is 29.8 Å². The fourth-order valence-electron chi connectivity index (χ4n) is 1.82. The van der Waals surface area contributed by atoms with E-state index in [0.717, 1.165) is 31.4 Å². The van der Waals surface area contributed by atoms with E-state index in [0.29, 0.717) is 12.1 Å². The summed E-state index contributed by atoms with van der Waals surface area (Å²) >= 11 is 0. The van der Waals surface area contributed by atoms with Gasteiger partial charge in [0.15, 0.2) is 6.29 Å². The number of hydrogen-bond acceptors (Lipinski definition) is 4. The van der Waals surface area contributed by atoms with Crippen molar-refractivity contribution in [1.29, 1.82) is 0 Å². The van der Waals surface area contributed by atoms with Gasteiger partial charge in [0.1, 0.15) is 0 Å². The van der Waals surface area contributed by atoms with E-state index in [9.17, 15) is 0 Å². The minimum Gasteiger partial charge on any atom is -0.423 e. The lowest BCUT2D eigenvalue weighted by Gasteiger charge is -2.22. The molecule has 0 saturated carbocycles. The van der Waals surface area contributed by atoms with E-state index in [1.807, 2.05) is 12.1 Å². The molecule has 1 saturated heterocycles. The summed E-state index contributed by atoms with van der Waals surface area (Å²) in [7, 11) is -1.41. The molecule has 1 aliphatic rings. The first-order valence-electron chi connectivity index (χ1n) is 5.94. The third-order valence-electron chi connectivity index (χ3n) is 2.85. The Morgan fingerprint density at radius 2 is 2.00 bits per heavy atom.